The van der Waals surface area contributed by atoms with Gasteiger partial charge in [-0.3, -0.25) is 4.90 Å². The number of methoxy groups -OCH3 is 1. The largest absolute Gasteiger partial charge is 0.383 e. The number of piperazine rings is 1. The van der Waals surface area contributed by atoms with Crippen molar-refractivity contribution >= 4 is 5.69 Å². The second-order valence-electron chi connectivity index (χ2n) is 7.54. The number of hydrogen-bond acceptors (Lipinski definition) is 6. The van der Waals surface area contributed by atoms with Crippen LogP contribution in [0.4, 0.5) is 5.69 Å². The van der Waals surface area contributed by atoms with Crippen LogP contribution in [0.2, 0.25) is 0 Å². The van der Waals surface area contributed by atoms with Crippen LogP contribution in [-0.2, 0) is 4.74 Å². The standard InChI is InChI=1S/C19H33N5O.C2H6/c1-16(2)19-20-14-18(15-21-19)24-10-8-23(9-11-24)17-4-6-22(7-5-17)12-13-25-3;1-2/h14-17H,4-13H2,1-3H3;1-2H3. The van der Waals surface area contributed by atoms with E-state index in [-0.39, 0.29) is 0 Å². The van der Waals surface area contributed by atoms with E-state index in [0.717, 1.165) is 51.2 Å². The SMILES string of the molecule is CC.COCCN1CCC(N2CCN(c3cnc(C(C)C)nc3)CC2)CC1. The number of ether oxygens (including phenoxy) is 1. The molecule has 0 aliphatic carbocycles. The topological polar surface area (TPSA) is 44.7 Å². The maximum atomic E-state index is 5.19. The summed E-state index contributed by atoms with van der Waals surface area (Å²) in [7, 11) is 1.79. The molecule has 0 N–H and O–H groups in total. The minimum atomic E-state index is 0.389. The van der Waals surface area contributed by atoms with Crippen molar-refractivity contribution in [3.05, 3.63) is 18.2 Å². The Morgan fingerprint density at radius 1 is 1.00 bits per heavy atom. The summed E-state index contributed by atoms with van der Waals surface area (Å²) in [6.45, 7) is 17.1. The molecule has 27 heavy (non-hydrogen) atoms. The Kier molecular flexibility index (Phi) is 9.45. The average Bonchev–Trinajstić information content (AvgIpc) is 2.74. The van der Waals surface area contributed by atoms with Gasteiger partial charge in [0, 0.05) is 51.8 Å². The van der Waals surface area contributed by atoms with E-state index in [2.05, 4.69) is 38.5 Å². The lowest BCUT2D eigenvalue weighted by atomic mass is 10.0. The second-order valence-corrected chi connectivity index (χ2v) is 7.54. The van der Waals surface area contributed by atoms with E-state index in [1.807, 2.05) is 26.2 Å². The first kappa shape index (κ1) is 22.1. The van der Waals surface area contributed by atoms with Crippen molar-refractivity contribution in [3.63, 3.8) is 0 Å². The number of nitrogens with zero attached hydrogens (tertiary/aromatic N) is 5. The van der Waals surface area contributed by atoms with Crippen LogP contribution in [0.15, 0.2) is 12.4 Å². The zero-order chi connectivity index (χ0) is 19.6. The predicted molar refractivity (Wildman–Crippen MR) is 113 cm³/mol. The molecule has 2 aliphatic rings. The van der Waals surface area contributed by atoms with Gasteiger partial charge in [-0.15, -0.1) is 0 Å². The highest BCUT2D eigenvalue weighted by Crippen LogP contribution is 2.21. The Balaban J connectivity index is 0.00000126. The molecule has 6 heteroatoms. The normalized spacial score (nSPS) is 19.9. The Hall–Kier alpha value is -1.24. The molecule has 6 nitrogen and oxygen atoms in total. The van der Waals surface area contributed by atoms with Crippen molar-refractivity contribution < 1.29 is 4.74 Å². The third kappa shape index (κ3) is 6.40. The highest BCUT2D eigenvalue weighted by atomic mass is 16.5. The fourth-order valence-corrected chi connectivity index (χ4v) is 3.87. The minimum Gasteiger partial charge on any atom is -0.383 e. The van der Waals surface area contributed by atoms with Gasteiger partial charge in [0.25, 0.3) is 0 Å². The van der Waals surface area contributed by atoms with Gasteiger partial charge in [0.15, 0.2) is 0 Å². The second kappa shape index (κ2) is 11.6. The summed E-state index contributed by atoms with van der Waals surface area (Å²) in [5, 5.41) is 0. The first-order valence-electron chi connectivity index (χ1n) is 10.7. The molecule has 0 amide bonds. The number of piperidine rings is 1. The lowest BCUT2D eigenvalue weighted by molar-refractivity contribution is 0.0834. The Morgan fingerprint density at radius 3 is 2.11 bits per heavy atom. The quantitative estimate of drug-likeness (QED) is 0.760. The summed E-state index contributed by atoms with van der Waals surface area (Å²) in [5.41, 5.74) is 1.17. The Bertz CT molecular complexity index is 506. The maximum absolute atomic E-state index is 5.19. The first-order chi connectivity index (χ1) is 13.2. The van der Waals surface area contributed by atoms with Crippen LogP contribution < -0.4 is 4.90 Å². The highest BCUT2D eigenvalue weighted by Gasteiger charge is 2.27. The van der Waals surface area contributed by atoms with E-state index < -0.39 is 0 Å². The molecule has 154 valence electrons. The van der Waals surface area contributed by atoms with E-state index in [1.165, 1.54) is 31.6 Å². The molecule has 0 atom stereocenters. The predicted octanol–water partition coefficient (Wildman–Crippen LogP) is 2.86. The molecule has 0 aromatic carbocycles. The van der Waals surface area contributed by atoms with E-state index in [9.17, 15) is 0 Å². The molecule has 0 saturated carbocycles. The Labute approximate surface area is 165 Å². The highest BCUT2D eigenvalue weighted by molar-refractivity contribution is 5.42. The van der Waals surface area contributed by atoms with E-state index in [1.54, 1.807) is 7.11 Å². The van der Waals surface area contributed by atoms with Gasteiger partial charge >= 0.3 is 0 Å². The van der Waals surface area contributed by atoms with Crippen molar-refractivity contribution in [1.29, 1.82) is 0 Å². The number of aromatic nitrogens is 2. The van der Waals surface area contributed by atoms with Gasteiger partial charge in [-0.05, 0) is 25.9 Å². The summed E-state index contributed by atoms with van der Waals surface area (Å²) in [4.78, 5) is 16.7. The zero-order valence-electron chi connectivity index (χ0n) is 18.0. The fraction of sp³-hybridized carbons (Fsp3) is 0.810. The molecule has 0 unspecified atom stereocenters. The molecule has 1 aromatic rings. The van der Waals surface area contributed by atoms with Crippen LogP contribution in [0, 0.1) is 0 Å². The van der Waals surface area contributed by atoms with Crippen molar-refractivity contribution in [2.75, 3.05) is 64.4 Å². The fourth-order valence-electron chi connectivity index (χ4n) is 3.87. The van der Waals surface area contributed by atoms with Gasteiger partial charge in [-0.2, -0.15) is 0 Å². The lowest BCUT2D eigenvalue weighted by Gasteiger charge is -2.43. The van der Waals surface area contributed by atoms with Gasteiger partial charge in [0.2, 0.25) is 0 Å². The minimum absolute atomic E-state index is 0.389. The van der Waals surface area contributed by atoms with Crippen molar-refractivity contribution in [1.82, 2.24) is 19.8 Å². The average molecular weight is 378 g/mol. The summed E-state index contributed by atoms with van der Waals surface area (Å²) in [6.07, 6.45) is 6.56. The lowest BCUT2D eigenvalue weighted by Crippen LogP contribution is -2.53. The van der Waals surface area contributed by atoms with Crippen molar-refractivity contribution in [2.45, 2.75) is 52.5 Å². The number of anilines is 1. The molecule has 3 rings (SSSR count). The molecule has 2 aliphatic heterocycles. The van der Waals surface area contributed by atoms with Crippen molar-refractivity contribution in [3.8, 4) is 0 Å². The van der Waals surface area contributed by atoms with E-state index >= 15 is 0 Å². The van der Waals surface area contributed by atoms with E-state index in [4.69, 9.17) is 4.74 Å². The third-order valence-corrected chi connectivity index (χ3v) is 5.54. The summed E-state index contributed by atoms with van der Waals surface area (Å²) in [5.74, 6) is 1.32. The molecule has 0 radical (unpaired) electrons. The number of rotatable bonds is 6. The van der Waals surface area contributed by atoms with E-state index in [0.29, 0.717) is 5.92 Å². The van der Waals surface area contributed by atoms with Crippen LogP contribution in [-0.4, -0.2) is 85.3 Å². The smallest absolute Gasteiger partial charge is 0.130 e. The van der Waals surface area contributed by atoms with Gasteiger partial charge in [0.05, 0.1) is 24.7 Å². The van der Waals surface area contributed by atoms with Crippen LogP contribution in [0.1, 0.15) is 52.3 Å². The molecule has 0 bridgehead atoms. The van der Waals surface area contributed by atoms with Crippen LogP contribution in [0.5, 0.6) is 0 Å². The van der Waals surface area contributed by atoms with Crippen molar-refractivity contribution in [2.24, 2.45) is 0 Å². The van der Waals surface area contributed by atoms with Crippen LogP contribution >= 0.6 is 0 Å². The molecular weight excluding hydrogens is 338 g/mol. The van der Waals surface area contributed by atoms with Gasteiger partial charge in [-0.1, -0.05) is 27.7 Å². The summed E-state index contributed by atoms with van der Waals surface area (Å²) in [6, 6.07) is 0.750. The molecule has 2 saturated heterocycles. The summed E-state index contributed by atoms with van der Waals surface area (Å²) >= 11 is 0. The molecular formula is C21H39N5O. The van der Waals surface area contributed by atoms with Gasteiger partial charge < -0.3 is 14.5 Å². The van der Waals surface area contributed by atoms with Crippen LogP contribution in [0.3, 0.4) is 0 Å². The van der Waals surface area contributed by atoms with Gasteiger partial charge in [0.1, 0.15) is 5.82 Å². The number of likely N-dealkylation sites (tertiary alicyclic amines) is 1. The maximum Gasteiger partial charge on any atom is 0.130 e. The monoisotopic (exact) mass is 377 g/mol. The van der Waals surface area contributed by atoms with Crippen LogP contribution in [0.25, 0.3) is 0 Å². The molecule has 1 aromatic heterocycles. The Morgan fingerprint density at radius 2 is 1.59 bits per heavy atom. The number of hydrogen-bond donors (Lipinski definition) is 0. The van der Waals surface area contributed by atoms with Gasteiger partial charge in [-0.25, -0.2) is 9.97 Å². The molecule has 2 fully saturated rings. The third-order valence-electron chi connectivity index (χ3n) is 5.54. The first-order valence-corrected chi connectivity index (χ1v) is 10.7. The summed E-state index contributed by atoms with van der Waals surface area (Å²) < 4.78 is 5.19. The zero-order valence-corrected chi connectivity index (χ0v) is 18.0. The molecule has 0 spiro atoms. The molecule has 3 heterocycles.